The van der Waals surface area contributed by atoms with Crippen LogP contribution in [0.5, 0.6) is 0 Å². The minimum atomic E-state index is -0.854. The first-order chi connectivity index (χ1) is 26.2. The van der Waals surface area contributed by atoms with Gasteiger partial charge >= 0.3 is 23.9 Å². The fraction of sp³-hybridized carbons (Fsp3) is 0.732. The number of carbonyl (C=O) groups is 5. The smallest absolute Gasteiger partial charge is 0.330 e. The van der Waals surface area contributed by atoms with Crippen LogP contribution in [0.3, 0.4) is 0 Å². The molecule has 1 amide bonds. The molecule has 0 bridgehead atoms. The van der Waals surface area contributed by atoms with Crippen LogP contribution in [-0.4, -0.2) is 154 Å². The average molecular weight is 798 g/mol. The molecule has 15 nitrogen and oxygen atoms in total. The highest BCUT2D eigenvalue weighted by atomic mass is 16.6. The number of carbonyl (C=O) groups excluding carboxylic acids is 5. The highest BCUT2D eigenvalue weighted by Crippen LogP contribution is 2.29. The van der Waals surface area contributed by atoms with Crippen molar-refractivity contribution in [2.24, 2.45) is 29.6 Å². The van der Waals surface area contributed by atoms with E-state index in [0.29, 0.717) is 25.7 Å². The van der Waals surface area contributed by atoms with E-state index in [9.17, 15) is 34.2 Å². The second-order valence-corrected chi connectivity index (χ2v) is 15.3. The minimum Gasteiger partial charge on any atom is -0.462 e. The zero-order valence-corrected chi connectivity index (χ0v) is 36.0. The zero-order chi connectivity index (χ0) is 43.1. The van der Waals surface area contributed by atoms with E-state index in [-0.39, 0.29) is 37.6 Å². The van der Waals surface area contributed by atoms with E-state index < -0.39 is 72.2 Å². The summed E-state index contributed by atoms with van der Waals surface area (Å²) in [4.78, 5) is 66.3. The molecule has 0 saturated heterocycles. The number of likely N-dealkylation sites (N-methyl/N-ethyl adjacent to an activating group) is 2. The Balaban J connectivity index is 5.54. The molecular weight excluding hydrogens is 726 g/mol. The maximum Gasteiger partial charge on any atom is 0.330 e. The Morgan fingerprint density at radius 1 is 0.768 bits per heavy atom. The molecule has 0 fully saturated rings. The van der Waals surface area contributed by atoms with Crippen LogP contribution < -0.4 is 0 Å². The number of aliphatic hydroxyl groups is 2. The molecule has 0 aromatic heterocycles. The van der Waals surface area contributed by atoms with Crippen LogP contribution in [0, 0.1) is 29.6 Å². The van der Waals surface area contributed by atoms with Crippen molar-refractivity contribution in [3.8, 4) is 0 Å². The van der Waals surface area contributed by atoms with E-state index in [1.165, 1.54) is 31.1 Å². The number of nitrogens with zero attached hydrogens (tertiary/aromatic N) is 3. The third kappa shape index (κ3) is 20.0. The average Bonchev–Trinajstić information content (AvgIpc) is 3.15. The maximum absolute atomic E-state index is 13.1. The Morgan fingerprint density at radius 3 is 1.93 bits per heavy atom. The summed E-state index contributed by atoms with van der Waals surface area (Å²) in [6, 6.07) is -1.12. The number of hydrogen-bond donors (Lipinski definition) is 2. The van der Waals surface area contributed by atoms with Crippen LogP contribution in [-0.2, 0) is 47.7 Å². The first-order valence-corrected chi connectivity index (χ1v) is 19.3. The van der Waals surface area contributed by atoms with Crippen LogP contribution in [0.4, 0.5) is 0 Å². The summed E-state index contributed by atoms with van der Waals surface area (Å²) in [5, 5.41) is 20.8. The van der Waals surface area contributed by atoms with Crippen LogP contribution in [0.25, 0.3) is 0 Å². The van der Waals surface area contributed by atoms with Gasteiger partial charge in [0.05, 0.1) is 19.3 Å². The molecule has 0 aliphatic rings. The van der Waals surface area contributed by atoms with E-state index in [4.69, 9.17) is 23.7 Å². The first-order valence-electron chi connectivity index (χ1n) is 19.3. The number of rotatable bonds is 28. The van der Waals surface area contributed by atoms with Gasteiger partial charge < -0.3 is 38.8 Å². The zero-order valence-electron chi connectivity index (χ0n) is 36.0. The molecule has 0 heterocycles. The highest BCUT2D eigenvalue weighted by Gasteiger charge is 2.36. The summed E-state index contributed by atoms with van der Waals surface area (Å²) in [7, 11) is 10.1. The van der Waals surface area contributed by atoms with E-state index in [2.05, 4.69) is 0 Å². The summed E-state index contributed by atoms with van der Waals surface area (Å²) in [6.07, 6.45) is 8.42. The molecule has 0 rings (SSSR count). The third-order valence-electron chi connectivity index (χ3n) is 9.92. The standard InChI is InChI=1S/C41H71N3O12/c1-27(19-20-36(56-40(50)32(6)42(8)9)31(5)39(54-33(7)47)28(2)21-22-44(12)26-46)38(49)30(4)24-53-37(48)18-16-14-15-17-35(29(3)23-45)55-41(51)34(25-52-13)43(10)11/h14-16,18,21-22,26-32,34-36,38-39,45,49H,17,19-20,23-25H2,1-13H3/b15-14+,18-16+,22-21+/t27-,28+,29-,30+,31-,32?,34?,35?,36+,38-,39+/m0/s1. The summed E-state index contributed by atoms with van der Waals surface area (Å²) >= 11 is 0. The number of esters is 4. The molecule has 0 radical (unpaired) electrons. The predicted octanol–water partition coefficient (Wildman–Crippen LogP) is 3.23. The van der Waals surface area contributed by atoms with Gasteiger partial charge in [0, 0.05) is 70.1 Å². The van der Waals surface area contributed by atoms with Crippen molar-refractivity contribution in [1.82, 2.24) is 14.7 Å². The van der Waals surface area contributed by atoms with Gasteiger partial charge in [0.1, 0.15) is 30.4 Å². The second kappa shape index (κ2) is 27.9. The number of methoxy groups -OCH3 is 1. The van der Waals surface area contributed by atoms with Crippen molar-refractivity contribution in [3.05, 3.63) is 36.6 Å². The van der Waals surface area contributed by atoms with Crippen molar-refractivity contribution >= 4 is 30.3 Å². The molecule has 322 valence electrons. The summed E-state index contributed by atoms with van der Waals surface area (Å²) < 4.78 is 27.9. The molecule has 0 saturated carbocycles. The number of ether oxygens (including phenoxy) is 5. The second-order valence-electron chi connectivity index (χ2n) is 15.3. The van der Waals surface area contributed by atoms with Crippen LogP contribution in [0.1, 0.15) is 67.7 Å². The van der Waals surface area contributed by atoms with E-state index in [0.717, 1.165) is 0 Å². The summed E-state index contributed by atoms with van der Waals surface area (Å²) in [6.45, 7) is 12.1. The molecule has 2 N–H and O–H groups in total. The van der Waals surface area contributed by atoms with Crippen LogP contribution in [0.15, 0.2) is 36.6 Å². The van der Waals surface area contributed by atoms with Crippen molar-refractivity contribution < 1.29 is 57.9 Å². The molecule has 0 aliphatic carbocycles. The minimum absolute atomic E-state index is 0.0400. The molecular formula is C41H71N3O12. The molecule has 0 spiro atoms. The monoisotopic (exact) mass is 798 g/mol. The van der Waals surface area contributed by atoms with Crippen LogP contribution >= 0.6 is 0 Å². The van der Waals surface area contributed by atoms with Gasteiger partial charge in [-0.05, 0) is 53.9 Å². The molecule has 0 aliphatic heterocycles. The van der Waals surface area contributed by atoms with Crippen LogP contribution in [0.2, 0.25) is 0 Å². The van der Waals surface area contributed by atoms with Crippen molar-refractivity contribution in [3.63, 3.8) is 0 Å². The Bertz CT molecular complexity index is 1270. The number of allylic oxidation sites excluding steroid dienone is 2. The molecule has 56 heavy (non-hydrogen) atoms. The largest absolute Gasteiger partial charge is 0.462 e. The Hall–Kier alpha value is -3.63. The predicted molar refractivity (Wildman–Crippen MR) is 213 cm³/mol. The topological polar surface area (TPSA) is 182 Å². The normalized spacial score (nSPS) is 18.1. The summed E-state index contributed by atoms with van der Waals surface area (Å²) in [5.74, 6) is -3.78. The molecule has 0 aromatic carbocycles. The van der Waals surface area contributed by atoms with Crippen molar-refractivity contribution in [2.45, 2.75) is 104 Å². The molecule has 11 atom stereocenters. The van der Waals surface area contributed by atoms with Gasteiger partial charge in [0.25, 0.3) is 0 Å². The van der Waals surface area contributed by atoms with Gasteiger partial charge in [-0.1, -0.05) is 58.9 Å². The maximum atomic E-state index is 13.1. The number of aliphatic hydroxyl groups excluding tert-OH is 2. The Kier molecular flexibility index (Phi) is 26.1. The molecule has 15 heteroatoms. The van der Waals surface area contributed by atoms with E-state index in [1.54, 1.807) is 90.2 Å². The quantitative estimate of drug-likeness (QED) is 0.0387. The van der Waals surface area contributed by atoms with Gasteiger partial charge in [0.2, 0.25) is 6.41 Å². The highest BCUT2D eigenvalue weighted by molar-refractivity contribution is 5.82. The van der Waals surface area contributed by atoms with Gasteiger partial charge in [-0.2, -0.15) is 0 Å². The fourth-order valence-electron chi connectivity index (χ4n) is 5.67. The number of hydrogen-bond acceptors (Lipinski definition) is 14. The van der Waals surface area contributed by atoms with Gasteiger partial charge in [-0.3, -0.25) is 29.0 Å². The lowest BCUT2D eigenvalue weighted by Crippen LogP contribution is -2.43. The van der Waals surface area contributed by atoms with Gasteiger partial charge in [-0.15, -0.1) is 0 Å². The lowest BCUT2D eigenvalue weighted by molar-refractivity contribution is -0.166. The third-order valence-corrected chi connectivity index (χ3v) is 9.92. The fourth-order valence-corrected chi connectivity index (χ4v) is 5.67. The van der Waals surface area contributed by atoms with Crippen molar-refractivity contribution in [1.29, 1.82) is 0 Å². The molecule has 0 aromatic rings. The SMILES string of the molecule is COCC(C(=O)OC(C/C=C/C=C/C(=O)OC[C@@H](C)[C@@H](O)[C@@H](C)CC[C@@H](OC(=O)C(C)N(C)C)[C@H](C)[C@H](OC(C)=O)[C@H](C)/C=C/N(C)C=O)[C@@H](C)CO)N(C)C. The lowest BCUT2D eigenvalue weighted by atomic mass is 9.84. The first kappa shape index (κ1) is 52.4. The Morgan fingerprint density at radius 2 is 1.39 bits per heavy atom. The van der Waals surface area contributed by atoms with Gasteiger partial charge in [-0.25, -0.2) is 4.79 Å². The van der Waals surface area contributed by atoms with E-state index in [1.807, 2.05) is 20.8 Å². The Labute approximate surface area is 335 Å². The number of amides is 1. The van der Waals surface area contributed by atoms with E-state index >= 15 is 0 Å². The molecule has 3 unspecified atom stereocenters. The van der Waals surface area contributed by atoms with Crippen molar-refractivity contribution in [2.75, 3.05) is 62.2 Å². The van der Waals surface area contributed by atoms with Gasteiger partial charge in [0.15, 0.2) is 0 Å². The lowest BCUT2D eigenvalue weighted by Gasteiger charge is -2.35. The summed E-state index contributed by atoms with van der Waals surface area (Å²) in [5.41, 5.74) is 0.